The Labute approximate surface area is 112 Å². The predicted octanol–water partition coefficient (Wildman–Crippen LogP) is 3.30. The van der Waals surface area contributed by atoms with Gasteiger partial charge in [-0.15, -0.1) is 0 Å². The summed E-state index contributed by atoms with van der Waals surface area (Å²) in [6.07, 6.45) is 1.02. The van der Waals surface area contributed by atoms with Crippen LogP contribution in [0.25, 0.3) is 0 Å². The van der Waals surface area contributed by atoms with Crippen molar-refractivity contribution in [3.05, 3.63) is 35.1 Å². The third kappa shape index (κ3) is 3.88. The number of ketones is 1. The number of rotatable bonds is 6. The third-order valence-corrected chi connectivity index (χ3v) is 2.85. The van der Waals surface area contributed by atoms with Gasteiger partial charge in [-0.1, -0.05) is 25.0 Å². The molecular formula is C15H19FO3. The van der Waals surface area contributed by atoms with Gasteiger partial charge in [0.1, 0.15) is 11.7 Å². The second kappa shape index (κ2) is 7.02. The van der Waals surface area contributed by atoms with Gasteiger partial charge in [-0.3, -0.25) is 9.59 Å². The number of carbonyl (C=O) groups excluding carboxylic acids is 2. The van der Waals surface area contributed by atoms with Gasteiger partial charge >= 0.3 is 5.97 Å². The summed E-state index contributed by atoms with van der Waals surface area (Å²) < 4.78 is 18.6. The van der Waals surface area contributed by atoms with Gasteiger partial charge in [0, 0.05) is 0 Å². The standard InChI is InChI=1S/C15H19FO3/c1-4-6-11(15(18)19-5-2)14(17)12-9-10(3)7-8-13(12)16/h7-9,11H,4-6H2,1-3H3. The molecule has 1 unspecified atom stereocenters. The molecule has 4 heteroatoms. The van der Waals surface area contributed by atoms with Gasteiger partial charge in [0.05, 0.1) is 12.2 Å². The van der Waals surface area contributed by atoms with E-state index in [0.29, 0.717) is 12.8 Å². The Bertz CT molecular complexity index is 468. The van der Waals surface area contributed by atoms with Crippen LogP contribution in [-0.4, -0.2) is 18.4 Å². The van der Waals surface area contributed by atoms with Crippen molar-refractivity contribution in [1.82, 2.24) is 0 Å². The smallest absolute Gasteiger partial charge is 0.316 e. The van der Waals surface area contributed by atoms with Crippen molar-refractivity contribution in [2.24, 2.45) is 5.92 Å². The normalized spacial score (nSPS) is 12.0. The molecule has 1 rings (SSSR count). The molecule has 3 nitrogen and oxygen atoms in total. The van der Waals surface area contributed by atoms with Crippen molar-refractivity contribution < 1.29 is 18.7 Å². The highest BCUT2D eigenvalue weighted by molar-refractivity contribution is 6.08. The van der Waals surface area contributed by atoms with Crippen LogP contribution in [0.1, 0.15) is 42.6 Å². The van der Waals surface area contributed by atoms with Crippen LogP contribution in [-0.2, 0) is 9.53 Å². The average molecular weight is 266 g/mol. The van der Waals surface area contributed by atoms with Crippen molar-refractivity contribution in [3.63, 3.8) is 0 Å². The van der Waals surface area contributed by atoms with Crippen LogP contribution in [0.15, 0.2) is 18.2 Å². The Kier molecular flexibility index (Phi) is 5.67. The summed E-state index contributed by atoms with van der Waals surface area (Å²) in [5, 5.41) is 0. The number of hydrogen-bond acceptors (Lipinski definition) is 3. The molecule has 0 aliphatic carbocycles. The minimum Gasteiger partial charge on any atom is -0.465 e. The van der Waals surface area contributed by atoms with Crippen LogP contribution < -0.4 is 0 Å². The summed E-state index contributed by atoms with van der Waals surface area (Å²) in [5.74, 6) is -2.58. The highest BCUT2D eigenvalue weighted by Crippen LogP contribution is 2.19. The molecule has 0 N–H and O–H groups in total. The Morgan fingerprint density at radius 1 is 1.32 bits per heavy atom. The first-order chi connectivity index (χ1) is 9.01. The molecular weight excluding hydrogens is 247 g/mol. The maximum Gasteiger partial charge on any atom is 0.316 e. The van der Waals surface area contributed by atoms with E-state index in [0.717, 1.165) is 5.56 Å². The summed E-state index contributed by atoms with van der Waals surface area (Å²) in [7, 11) is 0. The van der Waals surface area contributed by atoms with E-state index in [2.05, 4.69) is 0 Å². The zero-order chi connectivity index (χ0) is 14.4. The first kappa shape index (κ1) is 15.3. The molecule has 0 saturated heterocycles. The van der Waals surface area contributed by atoms with E-state index >= 15 is 0 Å². The van der Waals surface area contributed by atoms with Crippen LogP contribution in [0.2, 0.25) is 0 Å². The number of Topliss-reactive ketones (excluding diaryl/α,β-unsaturated/α-hetero) is 1. The van der Waals surface area contributed by atoms with E-state index in [1.807, 2.05) is 6.92 Å². The molecule has 0 fully saturated rings. The second-order valence-electron chi connectivity index (χ2n) is 4.44. The molecule has 0 heterocycles. The largest absolute Gasteiger partial charge is 0.465 e. The molecule has 0 radical (unpaired) electrons. The minimum absolute atomic E-state index is 0.0356. The first-order valence-corrected chi connectivity index (χ1v) is 6.48. The van der Waals surface area contributed by atoms with E-state index < -0.39 is 23.5 Å². The fraction of sp³-hybridized carbons (Fsp3) is 0.467. The van der Waals surface area contributed by atoms with Gasteiger partial charge in [0.2, 0.25) is 0 Å². The lowest BCUT2D eigenvalue weighted by Crippen LogP contribution is -2.27. The Morgan fingerprint density at radius 2 is 2.00 bits per heavy atom. The molecule has 104 valence electrons. The number of benzene rings is 1. The van der Waals surface area contributed by atoms with Crippen molar-refractivity contribution in [1.29, 1.82) is 0 Å². The predicted molar refractivity (Wildman–Crippen MR) is 70.5 cm³/mol. The number of hydrogen-bond donors (Lipinski definition) is 0. The van der Waals surface area contributed by atoms with Crippen molar-refractivity contribution in [2.45, 2.75) is 33.6 Å². The highest BCUT2D eigenvalue weighted by Gasteiger charge is 2.29. The molecule has 19 heavy (non-hydrogen) atoms. The topological polar surface area (TPSA) is 43.4 Å². The maximum atomic E-state index is 13.7. The minimum atomic E-state index is -0.916. The Balaban J connectivity index is 3.05. The summed E-state index contributed by atoms with van der Waals surface area (Å²) in [6.45, 7) is 5.53. The van der Waals surface area contributed by atoms with Gasteiger partial charge in [-0.05, 0) is 32.4 Å². The van der Waals surface area contributed by atoms with Gasteiger partial charge in [-0.25, -0.2) is 4.39 Å². The van der Waals surface area contributed by atoms with Crippen molar-refractivity contribution in [2.75, 3.05) is 6.61 Å². The number of halogens is 1. The van der Waals surface area contributed by atoms with E-state index in [1.54, 1.807) is 19.9 Å². The van der Waals surface area contributed by atoms with Gasteiger partial charge in [-0.2, -0.15) is 0 Å². The molecule has 0 bridgehead atoms. The zero-order valence-corrected chi connectivity index (χ0v) is 11.5. The lowest BCUT2D eigenvalue weighted by Gasteiger charge is -2.14. The van der Waals surface area contributed by atoms with Crippen LogP contribution in [0.5, 0.6) is 0 Å². The fourth-order valence-electron chi connectivity index (χ4n) is 1.90. The number of esters is 1. The summed E-state index contributed by atoms with van der Waals surface area (Å²) >= 11 is 0. The lowest BCUT2D eigenvalue weighted by atomic mass is 9.92. The van der Waals surface area contributed by atoms with Crippen LogP contribution in [0.3, 0.4) is 0 Å². The van der Waals surface area contributed by atoms with Crippen LogP contribution in [0, 0.1) is 18.7 Å². The first-order valence-electron chi connectivity index (χ1n) is 6.48. The molecule has 0 saturated carbocycles. The maximum absolute atomic E-state index is 13.7. The zero-order valence-electron chi connectivity index (χ0n) is 11.5. The molecule has 1 aromatic carbocycles. The van der Waals surface area contributed by atoms with Gasteiger partial charge in [0.25, 0.3) is 0 Å². The van der Waals surface area contributed by atoms with Crippen LogP contribution >= 0.6 is 0 Å². The number of carbonyl (C=O) groups is 2. The van der Waals surface area contributed by atoms with E-state index in [4.69, 9.17) is 4.74 Å². The monoisotopic (exact) mass is 266 g/mol. The number of aryl methyl sites for hydroxylation is 1. The third-order valence-electron chi connectivity index (χ3n) is 2.85. The fourth-order valence-corrected chi connectivity index (χ4v) is 1.90. The van der Waals surface area contributed by atoms with E-state index in [1.165, 1.54) is 12.1 Å². The Morgan fingerprint density at radius 3 is 2.58 bits per heavy atom. The molecule has 1 aromatic rings. The Hall–Kier alpha value is -1.71. The highest BCUT2D eigenvalue weighted by atomic mass is 19.1. The number of ether oxygens (including phenoxy) is 1. The van der Waals surface area contributed by atoms with E-state index in [9.17, 15) is 14.0 Å². The summed E-state index contributed by atoms with van der Waals surface area (Å²) in [5.41, 5.74) is 0.746. The van der Waals surface area contributed by atoms with Crippen molar-refractivity contribution >= 4 is 11.8 Å². The van der Waals surface area contributed by atoms with Gasteiger partial charge in [0.15, 0.2) is 5.78 Å². The molecule has 0 spiro atoms. The van der Waals surface area contributed by atoms with Crippen molar-refractivity contribution in [3.8, 4) is 0 Å². The lowest BCUT2D eigenvalue weighted by molar-refractivity contribution is -0.146. The molecule has 0 amide bonds. The SMILES string of the molecule is CCCC(C(=O)OCC)C(=O)c1cc(C)ccc1F. The average Bonchev–Trinajstić information content (AvgIpc) is 2.38. The quantitative estimate of drug-likeness (QED) is 0.451. The molecule has 0 aliphatic heterocycles. The van der Waals surface area contributed by atoms with Gasteiger partial charge < -0.3 is 4.74 Å². The molecule has 1 atom stereocenters. The van der Waals surface area contributed by atoms with E-state index in [-0.39, 0.29) is 12.2 Å². The summed E-state index contributed by atoms with van der Waals surface area (Å²) in [6, 6.07) is 4.31. The molecule has 0 aliphatic rings. The second-order valence-corrected chi connectivity index (χ2v) is 4.44. The van der Waals surface area contributed by atoms with Crippen LogP contribution in [0.4, 0.5) is 4.39 Å². The molecule has 0 aromatic heterocycles. The summed E-state index contributed by atoms with van der Waals surface area (Å²) in [4.78, 5) is 24.1.